The lowest BCUT2D eigenvalue weighted by Crippen LogP contribution is -2.63. The third kappa shape index (κ3) is 2.74. The average molecular weight is 336 g/mol. The molecule has 2 fully saturated rings. The van der Waals surface area contributed by atoms with Gasteiger partial charge in [0.2, 0.25) is 0 Å². The van der Waals surface area contributed by atoms with Gasteiger partial charge in [-0.25, -0.2) is 15.0 Å². The Hall–Kier alpha value is -2.21. The quantitative estimate of drug-likeness (QED) is 0.844. The maximum atomic E-state index is 4.58. The Morgan fingerprint density at radius 1 is 0.880 bits per heavy atom. The van der Waals surface area contributed by atoms with Gasteiger partial charge in [-0.1, -0.05) is 6.07 Å². The van der Waals surface area contributed by atoms with E-state index in [4.69, 9.17) is 0 Å². The van der Waals surface area contributed by atoms with E-state index in [0.717, 1.165) is 57.9 Å². The SMILES string of the molecule is c1ccc(N2CCN(C3CN(c4ncnc5c4CCC5)C3)CC2)nc1. The molecular weight excluding hydrogens is 312 g/mol. The number of pyridine rings is 1. The normalized spacial score (nSPS) is 21.3. The van der Waals surface area contributed by atoms with Crippen LogP contribution in [0.4, 0.5) is 11.6 Å². The Balaban J connectivity index is 1.18. The van der Waals surface area contributed by atoms with Crippen molar-refractivity contribution in [2.75, 3.05) is 49.1 Å². The molecule has 0 unspecified atom stereocenters. The first-order chi connectivity index (χ1) is 12.4. The van der Waals surface area contributed by atoms with Crippen molar-refractivity contribution in [2.24, 2.45) is 0 Å². The summed E-state index contributed by atoms with van der Waals surface area (Å²) >= 11 is 0. The van der Waals surface area contributed by atoms with E-state index < -0.39 is 0 Å². The molecule has 2 aromatic rings. The Morgan fingerprint density at radius 3 is 2.56 bits per heavy atom. The summed E-state index contributed by atoms with van der Waals surface area (Å²) in [5.41, 5.74) is 2.68. The molecule has 0 saturated carbocycles. The number of piperazine rings is 1. The fourth-order valence-electron chi connectivity index (χ4n) is 4.33. The van der Waals surface area contributed by atoms with E-state index in [2.05, 4.69) is 41.8 Å². The van der Waals surface area contributed by atoms with Crippen molar-refractivity contribution in [2.45, 2.75) is 25.3 Å². The molecule has 0 N–H and O–H groups in total. The molecule has 2 aliphatic heterocycles. The lowest BCUT2D eigenvalue weighted by atomic mass is 10.0. The molecule has 0 spiro atoms. The zero-order valence-electron chi connectivity index (χ0n) is 14.5. The lowest BCUT2D eigenvalue weighted by Gasteiger charge is -2.49. The molecule has 6 heteroatoms. The van der Waals surface area contributed by atoms with Crippen LogP contribution in [0.5, 0.6) is 0 Å². The van der Waals surface area contributed by atoms with Crippen LogP contribution in [0.2, 0.25) is 0 Å². The first-order valence-corrected chi connectivity index (χ1v) is 9.36. The van der Waals surface area contributed by atoms with Gasteiger partial charge in [0.1, 0.15) is 18.0 Å². The van der Waals surface area contributed by atoms with Crippen molar-refractivity contribution in [3.63, 3.8) is 0 Å². The summed E-state index contributed by atoms with van der Waals surface area (Å²) in [7, 11) is 0. The van der Waals surface area contributed by atoms with E-state index >= 15 is 0 Å². The minimum Gasteiger partial charge on any atom is -0.354 e. The van der Waals surface area contributed by atoms with Crippen molar-refractivity contribution >= 4 is 11.6 Å². The molecule has 4 heterocycles. The van der Waals surface area contributed by atoms with E-state index in [1.165, 1.54) is 23.5 Å². The van der Waals surface area contributed by atoms with Crippen LogP contribution in [0.25, 0.3) is 0 Å². The summed E-state index contributed by atoms with van der Waals surface area (Å²) < 4.78 is 0. The van der Waals surface area contributed by atoms with Gasteiger partial charge in [-0.3, -0.25) is 4.90 Å². The molecule has 3 aliphatic rings. The molecule has 25 heavy (non-hydrogen) atoms. The fraction of sp³-hybridized carbons (Fsp3) is 0.526. The third-order valence-electron chi connectivity index (χ3n) is 5.82. The van der Waals surface area contributed by atoms with Gasteiger partial charge in [0.15, 0.2) is 0 Å². The molecule has 2 aromatic heterocycles. The van der Waals surface area contributed by atoms with Crippen molar-refractivity contribution in [1.82, 2.24) is 19.9 Å². The standard InChI is InChI=1S/C19H24N6/c1-2-7-20-18(6-1)24-10-8-23(9-11-24)15-12-25(13-15)19-16-4-3-5-17(16)21-14-22-19/h1-2,6-7,14-15H,3-5,8-13H2. The highest BCUT2D eigenvalue weighted by molar-refractivity contribution is 5.53. The number of anilines is 2. The van der Waals surface area contributed by atoms with Crippen LogP contribution in [0, 0.1) is 0 Å². The van der Waals surface area contributed by atoms with E-state index in [-0.39, 0.29) is 0 Å². The maximum Gasteiger partial charge on any atom is 0.135 e. The molecule has 0 atom stereocenters. The number of hydrogen-bond donors (Lipinski definition) is 0. The maximum absolute atomic E-state index is 4.58. The molecule has 0 aromatic carbocycles. The number of aromatic nitrogens is 3. The van der Waals surface area contributed by atoms with Crippen LogP contribution in [-0.4, -0.2) is 65.2 Å². The second kappa shape index (κ2) is 6.26. The molecule has 0 amide bonds. The predicted molar refractivity (Wildman–Crippen MR) is 98.1 cm³/mol. The Bertz CT molecular complexity index is 735. The topological polar surface area (TPSA) is 48.4 Å². The van der Waals surface area contributed by atoms with Crippen molar-refractivity contribution in [1.29, 1.82) is 0 Å². The largest absolute Gasteiger partial charge is 0.354 e. The summed E-state index contributed by atoms with van der Waals surface area (Å²) in [6.45, 7) is 6.58. The second-order valence-electron chi connectivity index (χ2n) is 7.25. The van der Waals surface area contributed by atoms with Gasteiger partial charge in [-0.05, 0) is 31.4 Å². The first-order valence-electron chi connectivity index (χ1n) is 9.36. The molecule has 6 nitrogen and oxygen atoms in total. The lowest BCUT2D eigenvalue weighted by molar-refractivity contribution is 0.156. The summed E-state index contributed by atoms with van der Waals surface area (Å²) in [6.07, 6.45) is 7.13. The molecule has 0 radical (unpaired) electrons. The van der Waals surface area contributed by atoms with E-state index in [1.807, 2.05) is 12.3 Å². The van der Waals surface area contributed by atoms with Gasteiger partial charge >= 0.3 is 0 Å². The summed E-state index contributed by atoms with van der Waals surface area (Å²) in [6, 6.07) is 6.82. The minimum absolute atomic E-state index is 0.665. The van der Waals surface area contributed by atoms with Gasteiger partial charge in [-0.2, -0.15) is 0 Å². The van der Waals surface area contributed by atoms with Crippen LogP contribution in [-0.2, 0) is 12.8 Å². The molecule has 130 valence electrons. The summed E-state index contributed by atoms with van der Waals surface area (Å²) in [5.74, 6) is 2.31. The van der Waals surface area contributed by atoms with Gasteiger partial charge < -0.3 is 9.80 Å². The Morgan fingerprint density at radius 2 is 1.76 bits per heavy atom. The number of rotatable bonds is 3. The Kier molecular flexibility index (Phi) is 3.77. The van der Waals surface area contributed by atoms with Crippen LogP contribution >= 0.6 is 0 Å². The number of aryl methyl sites for hydroxylation is 1. The van der Waals surface area contributed by atoms with Crippen molar-refractivity contribution < 1.29 is 0 Å². The molecule has 1 aliphatic carbocycles. The third-order valence-corrected chi connectivity index (χ3v) is 5.82. The molecular formula is C19H24N6. The van der Waals surface area contributed by atoms with Gasteiger partial charge in [0.25, 0.3) is 0 Å². The van der Waals surface area contributed by atoms with Gasteiger partial charge in [0.05, 0.1) is 0 Å². The van der Waals surface area contributed by atoms with Crippen LogP contribution in [0.1, 0.15) is 17.7 Å². The van der Waals surface area contributed by atoms with Crippen molar-refractivity contribution in [3.05, 3.63) is 42.0 Å². The molecule has 2 saturated heterocycles. The highest BCUT2D eigenvalue weighted by atomic mass is 15.4. The number of nitrogens with zero attached hydrogens (tertiary/aromatic N) is 6. The predicted octanol–water partition coefficient (Wildman–Crippen LogP) is 1.37. The number of fused-ring (bicyclic) bond motifs is 1. The minimum atomic E-state index is 0.665. The van der Waals surface area contributed by atoms with Crippen LogP contribution in [0.15, 0.2) is 30.7 Å². The smallest absolute Gasteiger partial charge is 0.135 e. The fourth-order valence-corrected chi connectivity index (χ4v) is 4.33. The summed E-state index contributed by atoms with van der Waals surface area (Å²) in [5, 5.41) is 0. The summed E-state index contributed by atoms with van der Waals surface area (Å²) in [4.78, 5) is 21.0. The van der Waals surface area contributed by atoms with Crippen molar-refractivity contribution in [3.8, 4) is 0 Å². The first kappa shape index (κ1) is 15.1. The highest BCUT2D eigenvalue weighted by Gasteiger charge is 2.36. The van der Waals surface area contributed by atoms with Gasteiger partial charge in [0, 0.05) is 62.8 Å². The zero-order chi connectivity index (χ0) is 16.6. The van der Waals surface area contributed by atoms with Crippen LogP contribution < -0.4 is 9.80 Å². The molecule has 5 rings (SSSR count). The van der Waals surface area contributed by atoms with Crippen LogP contribution in [0.3, 0.4) is 0 Å². The Labute approximate surface area is 148 Å². The number of hydrogen-bond acceptors (Lipinski definition) is 6. The van der Waals surface area contributed by atoms with E-state index in [1.54, 1.807) is 6.33 Å². The monoisotopic (exact) mass is 336 g/mol. The zero-order valence-corrected chi connectivity index (χ0v) is 14.5. The molecule has 0 bridgehead atoms. The highest BCUT2D eigenvalue weighted by Crippen LogP contribution is 2.31. The average Bonchev–Trinajstić information content (AvgIpc) is 3.11. The van der Waals surface area contributed by atoms with E-state index in [0.29, 0.717) is 6.04 Å². The van der Waals surface area contributed by atoms with E-state index in [9.17, 15) is 0 Å². The van der Waals surface area contributed by atoms with Gasteiger partial charge in [-0.15, -0.1) is 0 Å². The second-order valence-corrected chi connectivity index (χ2v) is 7.25.